The number of hydrogen-bond donors (Lipinski definition) is 1. The predicted octanol–water partition coefficient (Wildman–Crippen LogP) is 8.19. The number of halogens is 1. The van der Waals surface area contributed by atoms with Crippen LogP contribution in [0.1, 0.15) is 116 Å². The first-order valence-corrected chi connectivity index (χ1v) is 11.4. The summed E-state index contributed by atoms with van der Waals surface area (Å²) in [4.78, 5) is 0. The van der Waals surface area contributed by atoms with Gasteiger partial charge in [-0.25, -0.2) is 0 Å². The van der Waals surface area contributed by atoms with Crippen molar-refractivity contribution in [2.75, 3.05) is 0 Å². The van der Waals surface area contributed by atoms with Crippen molar-refractivity contribution in [3.05, 3.63) is 35.9 Å². The summed E-state index contributed by atoms with van der Waals surface area (Å²) in [6.45, 7) is 6.86. The largest absolute Gasteiger partial charge is 0.327 e. The molecule has 1 aromatic rings. The number of rotatable bonds is 16. The van der Waals surface area contributed by atoms with E-state index >= 15 is 0 Å². The third-order valence-corrected chi connectivity index (χ3v) is 6.06. The maximum Gasteiger partial charge on any atom is 0.0131 e. The molecule has 2 heteroatoms. The molecule has 0 heterocycles. The van der Waals surface area contributed by atoms with Crippen LogP contribution in [-0.4, -0.2) is 6.04 Å². The lowest BCUT2D eigenvalue weighted by atomic mass is 9.76. The summed E-state index contributed by atoms with van der Waals surface area (Å²) in [7, 11) is 0. The zero-order chi connectivity index (χ0) is 19.1. The van der Waals surface area contributed by atoms with Crippen molar-refractivity contribution in [2.45, 2.75) is 122 Å². The van der Waals surface area contributed by atoms with Crippen molar-refractivity contribution in [2.24, 2.45) is 5.73 Å². The topological polar surface area (TPSA) is 26.0 Å². The van der Waals surface area contributed by atoms with Crippen LogP contribution in [0.5, 0.6) is 0 Å². The Morgan fingerprint density at radius 2 is 1.11 bits per heavy atom. The lowest BCUT2D eigenvalue weighted by molar-refractivity contribution is 0.375. The SMILES string of the molecule is CCCCCCCCCCCCCCCC(N)C(C)(C)c1ccccc1.Cl. The van der Waals surface area contributed by atoms with Crippen LogP contribution in [0.25, 0.3) is 0 Å². The average molecular weight is 396 g/mol. The van der Waals surface area contributed by atoms with Crippen LogP contribution in [0.2, 0.25) is 0 Å². The van der Waals surface area contributed by atoms with Gasteiger partial charge in [0.05, 0.1) is 0 Å². The molecule has 0 aliphatic carbocycles. The average Bonchev–Trinajstić information content (AvgIpc) is 2.66. The molecule has 27 heavy (non-hydrogen) atoms. The molecule has 0 bridgehead atoms. The predicted molar refractivity (Wildman–Crippen MR) is 125 cm³/mol. The molecule has 0 fully saturated rings. The fourth-order valence-electron chi connectivity index (χ4n) is 3.82. The van der Waals surface area contributed by atoms with Crippen molar-refractivity contribution in [3.63, 3.8) is 0 Å². The third kappa shape index (κ3) is 11.8. The summed E-state index contributed by atoms with van der Waals surface area (Å²) in [5, 5.41) is 0. The zero-order valence-electron chi connectivity index (χ0n) is 18.3. The van der Waals surface area contributed by atoms with Gasteiger partial charge in [-0.05, 0) is 12.0 Å². The normalized spacial score (nSPS) is 12.6. The van der Waals surface area contributed by atoms with Gasteiger partial charge in [0.25, 0.3) is 0 Å². The maximum atomic E-state index is 6.52. The summed E-state index contributed by atoms with van der Waals surface area (Å²) in [6, 6.07) is 11.0. The quantitative estimate of drug-likeness (QED) is 0.280. The molecule has 1 aromatic carbocycles. The standard InChI is InChI=1S/C25H45N.ClH/c1-4-5-6-7-8-9-10-11-12-13-14-15-19-22-24(26)25(2,3)23-20-17-16-18-21-23;/h16-18,20-21,24H,4-15,19,22,26H2,1-3H3;1H. The summed E-state index contributed by atoms with van der Waals surface area (Å²) in [6.07, 6.45) is 19.4. The van der Waals surface area contributed by atoms with E-state index in [-0.39, 0.29) is 23.9 Å². The summed E-state index contributed by atoms with van der Waals surface area (Å²) >= 11 is 0. The van der Waals surface area contributed by atoms with E-state index < -0.39 is 0 Å². The maximum absolute atomic E-state index is 6.52. The molecular weight excluding hydrogens is 350 g/mol. The first-order valence-electron chi connectivity index (χ1n) is 11.4. The van der Waals surface area contributed by atoms with Crippen molar-refractivity contribution in [1.29, 1.82) is 0 Å². The fraction of sp³-hybridized carbons (Fsp3) is 0.760. The van der Waals surface area contributed by atoms with Crippen LogP contribution in [0.4, 0.5) is 0 Å². The molecule has 0 saturated heterocycles. The van der Waals surface area contributed by atoms with Crippen LogP contribution in [0.15, 0.2) is 30.3 Å². The van der Waals surface area contributed by atoms with Gasteiger partial charge in [-0.15, -0.1) is 12.4 Å². The van der Waals surface area contributed by atoms with E-state index in [2.05, 4.69) is 51.1 Å². The molecule has 1 rings (SSSR count). The molecule has 158 valence electrons. The first-order chi connectivity index (χ1) is 12.6. The van der Waals surface area contributed by atoms with Crippen molar-refractivity contribution < 1.29 is 0 Å². The van der Waals surface area contributed by atoms with Gasteiger partial charge in [0.15, 0.2) is 0 Å². The van der Waals surface area contributed by atoms with Crippen LogP contribution in [0.3, 0.4) is 0 Å². The van der Waals surface area contributed by atoms with Crippen LogP contribution in [-0.2, 0) is 5.41 Å². The summed E-state index contributed by atoms with van der Waals surface area (Å²) in [5.41, 5.74) is 7.95. The Morgan fingerprint density at radius 3 is 1.56 bits per heavy atom. The molecule has 0 spiro atoms. The molecule has 0 aliphatic heterocycles. The van der Waals surface area contributed by atoms with Gasteiger partial charge in [-0.2, -0.15) is 0 Å². The van der Waals surface area contributed by atoms with Crippen molar-refractivity contribution >= 4 is 12.4 Å². The molecule has 0 saturated carbocycles. The minimum Gasteiger partial charge on any atom is -0.327 e. The van der Waals surface area contributed by atoms with Gasteiger partial charge in [-0.1, -0.05) is 135 Å². The molecule has 1 atom stereocenters. The van der Waals surface area contributed by atoms with E-state index in [0.717, 1.165) is 6.42 Å². The zero-order valence-corrected chi connectivity index (χ0v) is 19.2. The Hall–Kier alpha value is -0.530. The number of hydrogen-bond acceptors (Lipinski definition) is 1. The van der Waals surface area contributed by atoms with Crippen LogP contribution < -0.4 is 5.73 Å². The molecule has 0 aromatic heterocycles. The fourth-order valence-corrected chi connectivity index (χ4v) is 3.82. The van der Waals surface area contributed by atoms with E-state index in [1.165, 1.54) is 89.0 Å². The van der Waals surface area contributed by atoms with Crippen molar-refractivity contribution in [3.8, 4) is 0 Å². The second-order valence-electron chi connectivity index (χ2n) is 8.73. The monoisotopic (exact) mass is 395 g/mol. The summed E-state index contributed by atoms with van der Waals surface area (Å²) < 4.78 is 0. The van der Waals surface area contributed by atoms with E-state index in [9.17, 15) is 0 Å². The molecule has 0 amide bonds. The number of nitrogens with two attached hydrogens (primary N) is 1. The first kappa shape index (κ1) is 26.5. The van der Waals surface area contributed by atoms with Gasteiger partial charge in [0.1, 0.15) is 0 Å². The van der Waals surface area contributed by atoms with E-state index in [0.29, 0.717) is 0 Å². The van der Waals surface area contributed by atoms with E-state index in [4.69, 9.17) is 5.73 Å². The highest BCUT2D eigenvalue weighted by Gasteiger charge is 2.27. The van der Waals surface area contributed by atoms with Gasteiger partial charge in [-0.3, -0.25) is 0 Å². The molecule has 0 radical (unpaired) electrons. The van der Waals surface area contributed by atoms with Crippen molar-refractivity contribution in [1.82, 2.24) is 0 Å². The molecule has 1 nitrogen and oxygen atoms in total. The second-order valence-corrected chi connectivity index (χ2v) is 8.73. The molecule has 2 N–H and O–H groups in total. The van der Waals surface area contributed by atoms with Gasteiger partial charge in [0.2, 0.25) is 0 Å². The smallest absolute Gasteiger partial charge is 0.0131 e. The van der Waals surface area contributed by atoms with Crippen LogP contribution >= 0.6 is 12.4 Å². The second kappa shape index (κ2) is 16.4. The summed E-state index contributed by atoms with van der Waals surface area (Å²) in [5.74, 6) is 0. The Morgan fingerprint density at radius 1 is 0.704 bits per heavy atom. The van der Waals surface area contributed by atoms with Gasteiger partial charge >= 0.3 is 0 Å². The lowest BCUT2D eigenvalue weighted by Crippen LogP contribution is -2.40. The third-order valence-electron chi connectivity index (χ3n) is 6.06. The minimum atomic E-state index is 0. The highest BCUT2D eigenvalue weighted by Crippen LogP contribution is 2.28. The molecule has 1 unspecified atom stereocenters. The Labute approximate surface area is 176 Å². The minimum absolute atomic E-state index is 0. The van der Waals surface area contributed by atoms with Gasteiger partial charge < -0.3 is 5.73 Å². The Balaban J connectivity index is 0.00000676. The highest BCUT2D eigenvalue weighted by atomic mass is 35.5. The Bertz CT molecular complexity index is 429. The highest BCUT2D eigenvalue weighted by molar-refractivity contribution is 5.85. The van der Waals surface area contributed by atoms with E-state index in [1.807, 2.05) is 0 Å². The number of benzene rings is 1. The molecular formula is C25H46ClN. The lowest BCUT2D eigenvalue weighted by Gasteiger charge is -2.32. The molecule has 0 aliphatic rings. The Kier molecular flexibility index (Phi) is 16.1. The van der Waals surface area contributed by atoms with Gasteiger partial charge in [0, 0.05) is 11.5 Å². The van der Waals surface area contributed by atoms with Crippen LogP contribution in [0, 0.1) is 0 Å². The van der Waals surface area contributed by atoms with E-state index in [1.54, 1.807) is 0 Å². The number of unbranched alkanes of at least 4 members (excludes halogenated alkanes) is 12.